The molecule has 0 saturated carbocycles. The molecular weight excluding hydrogens is 417 g/mol. The number of nitro groups is 1. The van der Waals surface area contributed by atoms with E-state index in [4.69, 9.17) is 4.74 Å². The Morgan fingerprint density at radius 1 is 1.17 bits per heavy atom. The predicted molar refractivity (Wildman–Crippen MR) is 105 cm³/mol. The Hall–Kier alpha value is -3.05. The molecule has 30 heavy (non-hydrogen) atoms. The van der Waals surface area contributed by atoms with Crippen LogP contribution in [0.3, 0.4) is 0 Å². The van der Waals surface area contributed by atoms with Crippen molar-refractivity contribution in [2.45, 2.75) is 11.8 Å². The Labute approximate surface area is 172 Å². The largest absolute Gasteiger partial charge is 0.477 e. The number of rotatable bonds is 6. The third kappa shape index (κ3) is 4.74. The number of hydrogen-bond acceptors (Lipinski definition) is 6. The topological polar surface area (TPSA) is 110 Å². The molecule has 160 valence electrons. The summed E-state index contributed by atoms with van der Waals surface area (Å²) >= 11 is 0. The van der Waals surface area contributed by atoms with Gasteiger partial charge in [0.25, 0.3) is 5.91 Å². The number of carbonyl (C=O) groups is 1. The standard InChI is InChI=1S/C19H20FN3O6S/c1-14-5-6-18(17(11-14)23(25)26)29-13-19(24)21-7-9-22(10-8-21)30(27,28)16-4-2-3-15(20)12-16/h2-6,11-12H,7-10,13H2,1H3. The Morgan fingerprint density at radius 2 is 1.87 bits per heavy atom. The lowest BCUT2D eigenvalue weighted by Crippen LogP contribution is -2.51. The number of nitrogens with zero attached hydrogens (tertiary/aromatic N) is 3. The summed E-state index contributed by atoms with van der Waals surface area (Å²) in [7, 11) is -3.86. The van der Waals surface area contributed by atoms with Crippen molar-refractivity contribution in [2.75, 3.05) is 32.8 Å². The zero-order chi connectivity index (χ0) is 21.9. The lowest BCUT2D eigenvalue weighted by Gasteiger charge is -2.33. The van der Waals surface area contributed by atoms with Crippen molar-refractivity contribution in [1.29, 1.82) is 0 Å². The first-order valence-corrected chi connectivity index (χ1v) is 10.5. The van der Waals surface area contributed by atoms with Crippen molar-refractivity contribution < 1.29 is 27.3 Å². The molecule has 1 fully saturated rings. The second-order valence-corrected chi connectivity index (χ2v) is 8.70. The number of piperazine rings is 1. The first kappa shape index (κ1) is 21.7. The fourth-order valence-corrected chi connectivity index (χ4v) is 4.53. The van der Waals surface area contributed by atoms with Crippen molar-refractivity contribution in [3.05, 3.63) is 64.0 Å². The summed E-state index contributed by atoms with van der Waals surface area (Å²) in [4.78, 5) is 24.2. The van der Waals surface area contributed by atoms with Crippen LogP contribution in [0.25, 0.3) is 0 Å². The molecule has 1 aliphatic heterocycles. The Balaban J connectivity index is 1.59. The number of hydrogen-bond donors (Lipinski definition) is 0. The average Bonchev–Trinajstić information content (AvgIpc) is 2.72. The van der Waals surface area contributed by atoms with Crippen LogP contribution < -0.4 is 4.74 Å². The van der Waals surface area contributed by atoms with Crippen LogP contribution in [0.2, 0.25) is 0 Å². The summed E-state index contributed by atoms with van der Waals surface area (Å²) in [6, 6.07) is 9.19. The second kappa shape index (κ2) is 8.76. The van der Waals surface area contributed by atoms with Crippen molar-refractivity contribution in [2.24, 2.45) is 0 Å². The molecule has 0 aliphatic carbocycles. The molecule has 1 amide bonds. The van der Waals surface area contributed by atoms with E-state index in [2.05, 4.69) is 0 Å². The van der Waals surface area contributed by atoms with Crippen molar-refractivity contribution in [3.8, 4) is 5.75 Å². The molecule has 0 atom stereocenters. The monoisotopic (exact) mass is 437 g/mol. The lowest BCUT2D eigenvalue weighted by atomic mass is 10.2. The summed E-state index contributed by atoms with van der Waals surface area (Å²) in [6.45, 7) is 1.67. The van der Waals surface area contributed by atoms with Crippen LogP contribution in [0.5, 0.6) is 5.75 Å². The van der Waals surface area contributed by atoms with E-state index in [1.54, 1.807) is 13.0 Å². The number of benzene rings is 2. The molecule has 9 nitrogen and oxygen atoms in total. The van der Waals surface area contributed by atoms with Gasteiger partial charge < -0.3 is 9.64 Å². The van der Waals surface area contributed by atoms with Crippen molar-refractivity contribution in [1.82, 2.24) is 9.21 Å². The predicted octanol–water partition coefficient (Wildman–Crippen LogP) is 1.95. The third-order valence-electron chi connectivity index (χ3n) is 4.69. The van der Waals surface area contributed by atoms with Gasteiger partial charge in [0.05, 0.1) is 9.82 Å². The van der Waals surface area contributed by atoms with Crippen LogP contribution in [-0.4, -0.2) is 61.2 Å². The molecule has 0 radical (unpaired) electrons. The van der Waals surface area contributed by atoms with Gasteiger partial charge in [-0.05, 0) is 36.8 Å². The van der Waals surface area contributed by atoms with E-state index in [-0.39, 0.29) is 42.5 Å². The van der Waals surface area contributed by atoms with Crippen molar-refractivity contribution in [3.63, 3.8) is 0 Å². The zero-order valence-electron chi connectivity index (χ0n) is 16.2. The molecule has 0 N–H and O–H groups in total. The van der Waals surface area contributed by atoms with Crippen LogP contribution in [0, 0.1) is 22.9 Å². The summed E-state index contributed by atoms with van der Waals surface area (Å²) in [6.07, 6.45) is 0. The van der Waals surface area contributed by atoms with E-state index < -0.39 is 33.3 Å². The maximum Gasteiger partial charge on any atom is 0.311 e. The average molecular weight is 437 g/mol. The number of carbonyl (C=O) groups excluding carboxylic acids is 1. The van der Waals surface area contributed by atoms with Gasteiger partial charge in [0.2, 0.25) is 10.0 Å². The Bertz CT molecular complexity index is 1070. The molecule has 0 bridgehead atoms. The minimum Gasteiger partial charge on any atom is -0.477 e. The fraction of sp³-hybridized carbons (Fsp3) is 0.316. The molecular formula is C19H20FN3O6S. The maximum absolute atomic E-state index is 13.4. The summed E-state index contributed by atoms with van der Waals surface area (Å²) in [5.41, 5.74) is 0.463. The molecule has 3 rings (SSSR count). The van der Waals surface area contributed by atoms with E-state index in [1.165, 1.54) is 33.5 Å². The highest BCUT2D eigenvalue weighted by molar-refractivity contribution is 7.89. The molecule has 0 aromatic heterocycles. The normalized spacial score (nSPS) is 15.1. The number of amides is 1. The van der Waals surface area contributed by atoms with Crippen LogP contribution in [0.4, 0.5) is 10.1 Å². The highest BCUT2D eigenvalue weighted by atomic mass is 32.2. The van der Waals surface area contributed by atoms with E-state index in [0.717, 1.165) is 12.1 Å². The van der Waals surface area contributed by atoms with Gasteiger partial charge in [-0.3, -0.25) is 14.9 Å². The minimum atomic E-state index is -3.86. The molecule has 0 unspecified atom stereocenters. The minimum absolute atomic E-state index is 0.00809. The molecule has 1 saturated heterocycles. The first-order chi connectivity index (χ1) is 14.2. The molecule has 11 heteroatoms. The molecule has 2 aromatic carbocycles. The molecule has 0 spiro atoms. The maximum atomic E-state index is 13.4. The van der Waals surface area contributed by atoms with Gasteiger partial charge in [0.1, 0.15) is 5.82 Å². The number of nitro benzene ring substituents is 1. The van der Waals surface area contributed by atoms with Gasteiger partial charge in [-0.25, -0.2) is 12.8 Å². The summed E-state index contributed by atoms with van der Waals surface area (Å²) in [5.74, 6) is -1.06. The van der Waals surface area contributed by atoms with Gasteiger partial charge in [-0.2, -0.15) is 4.31 Å². The van der Waals surface area contributed by atoms with E-state index in [9.17, 15) is 27.7 Å². The van der Waals surface area contributed by atoms with Gasteiger partial charge >= 0.3 is 5.69 Å². The zero-order valence-corrected chi connectivity index (χ0v) is 17.0. The van der Waals surface area contributed by atoms with Crippen LogP contribution in [-0.2, 0) is 14.8 Å². The third-order valence-corrected chi connectivity index (χ3v) is 6.58. The summed E-state index contributed by atoms with van der Waals surface area (Å²) < 4.78 is 45.1. The lowest BCUT2D eigenvalue weighted by molar-refractivity contribution is -0.385. The highest BCUT2D eigenvalue weighted by Gasteiger charge is 2.30. The number of aryl methyl sites for hydroxylation is 1. The smallest absolute Gasteiger partial charge is 0.311 e. The Kier molecular flexibility index (Phi) is 6.32. The van der Waals surface area contributed by atoms with Crippen molar-refractivity contribution >= 4 is 21.6 Å². The summed E-state index contributed by atoms with van der Waals surface area (Å²) in [5, 5.41) is 11.1. The number of halogens is 1. The van der Waals surface area contributed by atoms with Crippen LogP contribution in [0.15, 0.2) is 47.4 Å². The van der Waals surface area contributed by atoms with Gasteiger partial charge in [-0.15, -0.1) is 0 Å². The van der Waals surface area contributed by atoms with Crippen LogP contribution in [0.1, 0.15) is 5.56 Å². The van der Waals surface area contributed by atoms with E-state index in [0.29, 0.717) is 5.56 Å². The number of sulfonamides is 1. The quantitative estimate of drug-likeness (QED) is 0.505. The number of ether oxygens (including phenoxy) is 1. The van der Waals surface area contributed by atoms with Crippen LogP contribution >= 0.6 is 0 Å². The molecule has 2 aromatic rings. The molecule has 1 aliphatic rings. The molecule has 1 heterocycles. The second-order valence-electron chi connectivity index (χ2n) is 6.76. The van der Waals surface area contributed by atoms with Gasteiger partial charge in [0, 0.05) is 32.2 Å². The van der Waals surface area contributed by atoms with Gasteiger partial charge in [-0.1, -0.05) is 12.1 Å². The SMILES string of the molecule is Cc1ccc(OCC(=O)N2CCN(S(=O)(=O)c3cccc(F)c3)CC2)c([N+](=O)[O-])c1. The van der Waals surface area contributed by atoms with Gasteiger partial charge in [0.15, 0.2) is 12.4 Å². The Morgan fingerprint density at radius 3 is 2.50 bits per heavy atom. The first-order valence-electron chi connectivity index (χ1n) is 9.10. The van der Waals surface area contributed by atoms with E-state index >= 15 is 0 Å². The van der Waals surface area contributed by atoms with E-state index in [1.807, 2.05) is 0 Å². The fourth-order valence-electron chi connectivity index (χ4n) is 3.08. The highest BCUT2D eigenvalue weighted by Crippen LogP contribution is 2.27.